The van der Waals surface area contributed by atoms with Crippen LogP contribution in [0.25, 0.3) is 11.6 Å². The summed E-state index contributed by atoms with van der Waals surface area (Å²) >= 11 is 0. The Labute approximate surface area is 167 Å². The van der Waals surface area contributed by atoms with Gasteiger partial charge in [-0.15, -0.1) is 0 Å². The van der Waals surface area contributed by atoms with E-state index in [1.165, 1.54) is 22.3 Å². The molecule has 3 aromatic rings. The normalized spacial score (nSPS) is 16.7. The third-order valence-corrected chi connectivity index (χ3v) is 4.67. The Morgan fingerprint density at radius 1 is 0.750 bits per heavy atom. The second-order valence-electron chi connectivity index (χ2n) is 8.23. The van der Waals surface area contributed by atoms with Crippen LogP contribution in [0.2, 0.25) is 0 Å². The maximum absolute atomic E-state index is 3.61. The van der Waals surface area contributed by atoms with Gasteiger partial charge in [-0.3, -0.25) is 0 Å². The minimum Gasteiger partial charge on any atom is -0.342 e. The number of hydrogen-bond acceptors (Lipinski definition) is 2. The molecule has 2 N–H and O–H groups in total. The number of benzene rings is 3. The fraction of sp³-hybridized carbons (Fsp3) is 0.154. The Morgan fingerprint density at radius 2 is 1.39 bits per heavy atom. The molecule has 1 aliphatic rings. The molecular formula is C26H26N2. The van der Waals surface area contributed by atoms with Crippen LogP contribution in [-0.2, 0) is 0 Å². The van der Waals surface area contributed by atoms with E-state index < -0.39 is 0 Å². The molecule has 0 fully saturated rings. The zero-order valence-electron chi connectivity index (χ0n) is 16.7. The number of fused-ring (bicyclic) bond motifs is 2. The molecule has 0 atom stereocenters. The molecule has 0 saturated carbocycles. The Hall–Kier alpha value is -3.26. The van der Waals surface area contributed by atoms with Crippen LogP contribution in [0.15, 0.2) is 90.8 Å². The lowest BCUT2D eigenvalue weighted by Crippen LogP contribution is -2.14. The van der Waals surface area contributed by atoms with Crippen molar-refractivity contribution in [1.29, 1.82) is 0 Å². The minimum atomic E-state index is 0.0730. The number of anilines is 2. The van der Waals surface area contributed by atoms with Crippen LogP contribution < -0.4 is 10.6 Å². The fourth-order valence-electron chi connectivity index (χ4n) is 3.51. The Bertz CT molecular complexity index is 1040. The summed E-state index contributed by atoms with van der Waals surface area (Å²) in [5, 5.41) is 7.14. The van der Waals surface area contributed by atoms with Gasteiger partial charge in [0.05, 0.1) is 0 Å². The molecule has 0 amide bonds. The zero-order chi connectivity index (χ0) is 19.6. The highest BCUT2D eigenvalue weighted by Gasteiger charge is 2.19. The van der Waals surface area contributed by atoms with Crippen LogP contribution in [0.3, 0.4) is 0 Å². The third-order valence-electron chi connectivity index (χ3n) is 4.67. The average Bonchev–Trinajstić information content (AvgIpc) is 2.66. The third kappa shape index (κ3) is 4.01. The molecule has 0 radical (unpaired) electrons. The van der Waals surface area contributed by atoms with Gasteiger partial charge in [0.2, 0.25) is 0 Å². The summed E-state index contributed by atoms with van der Waals surface area (Å²) < 4.78 is 0. The molecule has 140 valence electrons. The Kier molecular flexibility index (Phi) is 4.79. The lowest BCUT2D eigenvalue weighted by Gasteiger charge is -2.25. The number of nitrogens with one attached hydrogen (secondary N) is 2. The first kappa shape index (κ1) is 18.1. The van der Waals surface area contributed by atoms with E-state index in [9.17, 15) is 0 Å². The monoisotopic (exact) mass is 366 g/mol. The topological polar surface area (TPSA) is 24.1 Å². The summed E-state index contributed by atoms with van der Waals surface area (Å²) in [5.41, 5.74) is 7.15. The molecule has 0 aromatic heterocycles. The van der Waals surface area contributed by atoms with Gasteiger partial charge >= 0.3 is 0 Å². The lowest BCUT2D eigenvalue weighted by atomic mass is 9.85. The van der Waals surface area contributed by atoms with Crippen molar-refractivity contribution >= 4 is 23.0 Å². The van der Waals surface area contributed by atoms with Gasteiger partial charge in [-0.2, -0.15) is 0 Å². The van der Waals surface area contributed by atoms with E-state index >= 15 is 0 Å². The van der Waals surface area contributed by atoms with Crippen LogP contribution in [0, 0.1) is 5.41 Å². The summed E-state index contributed by atoms with van der Waals surface area (Å²) in [4.78, 5) is 0. The van der Waals surface area contributed by atoms with Gasteiger partial charge in [-0.05, 0) is 46.4 Å². The van der Waals surface area contributed by atoms with Gasteiger partial charge in [-0.25, -0.2) is 0 Å². The summed E-state index contributed by atoms with van der Waals surface area (Å²) in [6, 6.07) is 27.4. The van der Waals surface area contributed by atoms with Gasteiger partial charge in [0.25, 0.3) is 0 Å². The molecule has 4 rings (SSSR count). The maximum atomic E-state index is 3.61. The molecule has 0 spiro atoms. The molecular weight excluding hydrogens is 340 g/mol. The predicted molar refractivity (Wildman–Crippen MR) is 121 cm³/mol. The Morgan fingerprint density at radius 3 is 2.14 bits per heavy atom. The number of allylic oxidation sites excluding steroid dienone is 1. The highest BCUT2D eigenvalue weighted by Crippen LogP contribution is 2.37. The first-order valence-corrected chi connectivity index (χ1v) is 9.72. The van der Waals surface area contributed by atoms with Crippen molar-refractivity contribution in [2.75, 3.05) is 10.6 Å². The van der Waals surface area contributed by atoms with Gasteiger partial charge in [0.1, 0.15) is 5.82 Å². The van der Waals surface area contributed by atoms with Crippen LogP contribution in [0.5, 0.6) is 0 Å². The van der Waals surface area contributed by atoms with Gasteiger partial charge in [-0.1, -0.05) is 87.5 Å². The van der Waals surface area contributed by atoms with E-state index in [1.807, 2.05) is 18.2 Å². The summed E-state index contributed by atoms with van der Waals surface area (Å²) in [6.45, 7) is 6.74. The number of para-hydroxylation sites is 2. The molecule has 3 aromatic carbocycles. The molecule has 0 bridgehead atoms. The van der Waals surface area contributed by atoms with Crippen molar-refractivity contribution in [1.82, 2.24) is 0 Å². The number of rotatable bonds is 2. The zero-order valence-corrected chi connectivity index (χ0v) is 16.7. The molecule has 0 saturated heterocycles. The van der Waals surface area contributed by atoms with Crippen molar-refractivity contribution in [2.45, 2.75) is 20.8 Å². The molecule has 0 aliphatic carbocycles. The highest BCUT2D eigenvalue weighted by molar-refractivity contribution is 5.92. The van der Waals surface area contributed by atoms with Gasteiger partial charge in [0.15, 0.2) is 0 Å². The van der Waals surface area contributed by atoms with Crippen molar-refractivity contribution < 1.29 is 0 Å². The van der Waals surface area contributed by atoms with E-state index in [0.29, 0.717) is 0 Å². The summed E-state index contributed by atoms with van der Waals surface area (Å²) in [7, 11) is 0. The molecule has 1 aliphatic heterocycles. The standard InChI is InChI=1S/C26H26N2/c1-26(2,3)18-23-21-14-8-7-11-19(21)17-25(27-20-12-5-4-6-13-20)28-24-16-10-9-15-22(23)24/h4-18,27-28H,1-3H3/b23-18+,25-17-. The fourth-order valence-corrected chi connectivity index (χ4v) is 3.51. The second-order valence-corrected chi connectivity index (χ2v) is 8.23. The summed E-state index contributed by atoms with van der Waals surface area (Å²) in [5.74, 6) is 0.959. The smallest absolute Gasteiger partial charge is 0.108 e. The predicted octanol–water partition coefficient (Wildman–Crippen LogP) is 7.00. The van der Waals surface area contributed by atoms with E-state index in [1.54, 1.807) is 0 Å². The largest absolute Gasteiger partial charge is 0.342 e. The first-order chi connectivity index (χ1) is 13.5. The Balaban J connectivity index is 1.91. The van der Waals surface area contributed by atoms with Gasteiger partial charge < -0.3 is 10.6 Å². The SMILES string of the molecule is CC(C)(C)/C=C1\c2ccccc2/C=C(/Nc2ccccc2)Nc2ccccc21. The number of hydrogen-bond donors (Lipinski definition) is 2. The van der Waals surface area contributed by atoms with Crippen LogP contribution in [0.4, 0.5) is 11.4 Å². The molecule has 2 nitrogen and oxygen atoms in total. The quantitative estimate of drug-likeness (QED) is 0.510. The van der Waals surface area contributed by atoms with Gasteiger partial charge in [0, 0.05) is 16.9 Å². The van der Waals surface area contributed by atoms with Crippen molar-refractivity contribution in [2.24, 2.45) is 5.41 Å². The van der Waals surface area contributed by atoms with E-state index in [4.69, 9.17) is 0 Å². The molecule has 0 unspecified atom stereocenters. The average molecular weight is 367 g/mol. The molecule has 2 heteroatoms. The van der Waals surface area contributed by atoms with E-state index in [0.717, 1.165) is 17.2 Å². The molecule has 1 heterocycles. The van der Waals surface area contributed by atoms with E-state index in [2.05, 4.69) is 104 Å². The first-order valence-electron chi connectivity index (χ1n) is 9.72. The van der Waals surface area contributed by atoms with Crippen LogP contribution in [0.1, 0.15) is 37.5 Å². The lowest BCUT2D eigenvalue weighted by molar-refractivity contribution is 0.546. The van der Waals surface area contributed by atoms with Crippen LogP contribution in [-0.4, -0.2) is 0 Å². The van der Waals surface area contributed by atoms with E-state index in [-0.39, 0.29) is 5.41 Å². The molecule has 28 heavy (non-hydrogen) atoms. The van der Waals surface area contributed by atoms with Crippen molar-refractivity contribution in [3.8, 4) is 0 Å². The second kappa shape index (κ2) is 7.40. The summed E-state index contributed by atoms with van der Waals surface area (Å²) in [6.07, 6.45) is 4.56. The van der Waals surface area contributed by atoms with Crippen molar-refractivity contribution in [3.63, 3.8) is 0 Å². The highest BCUT2D eigenvalue weighted by atomic mass is 15.1. The van der Waals surface area contributed by atoms with Crippen LogP contribution >= 0.6 is 0 Å². The maximum Gasteiger partial charge on any atom is 0.108 e. The van der Waals surface area contributed by atoms with Crippen molar-refractivity contribution in [3.05, 3.63) is 107 Å². The minimum absolute atomic E-state index is 0.0730.